The van der Waals surface area contributed by atoms with Crippen LogP contribution in [0.5, 0.6) is 11.5 Å². The van der Waals surface area contributed by atoms with Crippen molar-refractivity contribution in [2.45, 2.75) is 32.2 Å². The van der Waals surface area contributed by atoms with Crippen LogP contribution in [0.2, 0.25) is 0 Å². The number of hydrogen-bond acceptors (Lipinski definition) is 4. The van der Waals surface area contributed by atoms with Crippen LogP contribution in [0.4, 0.5) is 0 Å². The van der Waals surface area contributed by atoms with Gasteiger partial charge in [-0.2, -0.15) is 0 Å². The highest BCUT2D eigenvalue weighted by atomic mass is 16.5. The summed E-state index contributed by atoms with van der Waals surface area (Å²) in [4.78, 5) is 17.8. The molecule has 0 aliphatic carbocycles. The molecule has 2 aliphatic rings. The third-order valence-electron chi connectivity index (χ3n) is 4.78. The summed E-state index contributed by atoms with van der Waals surface area (Å²) in [5.41, 5.74) is 6.47. The summed E-state index contributed by atoms with van der Waals surface area (Å²) in [6.45, 7) is 3.78. The number of primary amides is 1. The molecule has 0 bridgehead atoms. The van der Waals surface area contributed by atoms with Crippen LogP contribution in [0, 0.1) is 5.92 Å². The molecular formula is C19H28N4O3. The SMILES string of the molecule is CN=C(NCc1ccc2c(c1)OCCCO2)N1CCCC(CC(N)=O)C1. The van der Waals surface area contributed by atoms with Gasteiger partial charge in [-0.15, -0.1) is 0 Å². The van der Waals surface area contributed by atoms with Gasteiger partial charge in [-0.25, -0.2) is 0 Å². The quantitative estimate of drug-likeness (QED) is 0.628. The second kappa shape index (κ2) is 8.78. The maximum atomic E-state index is 11.2. The van der Waals surface area contributed by atoms with Crippen molar-refractivity contribution in [2.24, 2.45) is 16.6 Å². The molecule has 0 saturated carbocycles. The minimum atomic E-state index is -0.230. The van der Waals surface area contributed by atoms with Gasteiger partial charge in [-0.3, -0.25) is 9.79 Å². The number of likely N-dealkylation sites (tertiary alicyclic amines) is 1. The highest BCUT2D eigenvalue weighted by Crippen LogP contribution is 2.30. The number of guanidine groups is 1. The molecule has 7 nitrogen and oxygen atoms in total. The Morgan fingerprint density at radius 3 is 2.88 bits per heavy atom. The average molecular weight is 360 g/mol. The van der Waals surface area contributed by atoms with Crippen molar-refractivity contribution in [3.63, 3.8) is 0 Å². The number of benzene rings is 1. The number of fused-ring (bicyclic) bond motifs is 1. The van der Waals surface area contributed by atoms with Crippen molar-refractivity contribution in [1.29, 1.82) is 0 Å². The minimum Gasteiger partial charge on any atom is -0.490 e. The Morgan fingerprint density at radius 2 is 2.12 bits per heavy atom. The predicted molar refractivity (Wildman–Crippen MR) is 100 cm³/mol. The van der Waals surface area contributed by atoms with Crippen LogP contribution in [0.1, 0.15) is 31.2 Å². The molecule has 1 aromatic rings. The van der Waals surface area contributed by atoms with E-state index in [0.717, 1.165) is 55.4 Å². The van der Waals surface area contributed by atoms with Crippen molar-refractivity contribution in [3.05, 3.63) is 23.8 Å². The standard InChI is InChI=1S/C19H28N4O3/c1-21-19(23-7-2-4-15(13-23)11-18(20)24)22-12-14-5-6-16-17(10-14)26-9-3-8-25-16/h5-6,10,15H,2-4,7-9,11-13H2,1H3,(H2,20,24)(H,21,22). The Morgan fingerprint density at radius 1 is 1.31 bits per heavy atom. The number of carbonyl (C=O) groups excluding carboxylic acids is 1. The van der Waals surface area contributed by atoms with E-state index in [2.05, 4.69) is 15.2 Å². The molecule has 0 radical (unpaired) electrons. The maximum absolute atomic E-state index is 11.2. The number of aliphatic imine (C=N–C) groups is 1. The predicted octanol–water partition coefficient (Wildman–Crippen LogP) is 1.51. The van der Waals surface area contributed by atoms with E-state index in [1.54, 1.807) is 7.05 Å². The first kappa shape index (κ1) is 18.4. The first-order valence-corrected chi connectivity index (χ1v) is 9.28. The summed E-state index contributed by atoms with van der Waals surface area (Å²) in [6, 6.07) is 6.02. The van der Waals surface area contributed by atoms with Gasteiger partial charge in [0.05, 0.1) is 13.2 Å². The third kappa shape index (κ3) is 4.80. The van der Waals surface area contributed by atoms with Crippen LogP contribution in [-0.4, -0.2) is 50.1 Å². The topological polar surface area (TPSA) is 89.2 Å². The van der Waals surface area contributed by atoms with Crippen LogP contribution in [0.3, 0.4) is 0 Å². The molecule has 3 N–H and O–H groups in total. The molecule has 2 aliphatic heterocycles. The molecule has 26 heavy (non-hydrogen) atoms. The number of nitrogens with zero attached hydrogens (tertiary/aromatic N) is 2. The van der Waals surface area contributed by atoms with Crippen molar-refractivity contribution >= 4 is 11.9 Å². The van der Waals surface area contributed by atoms with E-state index in [9.17, 15) is 4.79 Å². The van der Waals surface area contributed by atoms with Gasteiger partial charge in [-0.1, -0.05) is 6.07 Å². The van der Waals surface area contributed by atoms with E-state index in [1.807, 2.05) is 18.2 Å². The zero-order valence-corrected chi connectivity index (χ0v) is 15.4. The molecule has 1 amide bonds. The average Bonchev–Trinajstić information content (AvgIpc) is 2.87. The summed E-state index contributed by atoms with van der Waals surface area (Å²) < 4.78 is 11.4. The Balaban J connectivity index is 1.59. The number of ether oxygens (including phenoxy) is 2. The molecule has 0 spiro atoms. The van der Waals surface area contributed by atoms with E-state index in [4.69, 9.17) is 15.2 Å². The van der Waals surface area contributed by atoms with Crippen LogP contribution < -0.4 is 20.5 Å². The van der Waals surface area contributed by atoms with Gasteiger partial charge in [0.15, 0.2) is 17.5 Å². The second-order valence-electron chi connectivity index (χ2n) is 6.86. The minimum absolute atomic E-state index is 0.230. The van der Waals surface area contributed by atoms with Crippen molar-refractivity contribution in [2.75, 3.05) is 33.4 Å². The number of piperidine rings is 1. The van der Waals surface area contributed by atoms with E-state index in [-0.39, 0.29) is 5.91 Å². The monoisotopic (exact) mass is 360 g/mol. The largest absolute Gasteiger partial charge is 0.490 e. The van der Waals surface area contributed by atoms with Crippen LogP contribution in [0.25, 0.3) is 0 Å². The fraction of sp³-hybridized carbons (Fsp3) is 0.579. The van der Waals surface area contributed by atoms with Gasteiger partial charge in [-0.05, 0) is 36.5 Å². The highest BCUT2D eigenvalue weighted by Gasteiger charge is 2.23. The molecule has 0 aromatic heterocycles. The van der Waals surface area contributed by atoms with Gasteiger partial charge in [0, 0.05) is 39.5 Å². The number of nitrogens with one attached hydrogen (secondary N) is 1. The number of hydrogen-bond donors (Lipinski definition) is 2. The second-order valence-corrected chi connectivity index (χ2v) is 6.86. The molecule has 7 heteroatoms. The lowest BCUT2D eigenvalue weighted by atomic mass is 9.95. The van der Waals surface area contributed by atoms with E-state index in [0.29, 0.717) is 32.1 Å². The Bertz CT molecular complexity index is 662. The fourth-order valence-electron chi connectivity index (χ4n) is 3.54. The zero-order chi connectivity index (χ0) is 18.4. The number of nitrogens with two attached hydrogens (primary N) is 1. The molecule has 1 unspecified atom stereocenters. The summed E-state index contributed by atoms with van der Waals surface area (Å²) in [5.74, 6) is 2.54. The smallest absolute Gasteiger partial charge is 0.217 e. The van der Waals surface area contributed by atoms with Crippen LogP contribution >= 0.6 is 0 Å². The van der Waals surface area contributed by atoms with Gasteiger partial charge in [0.1, 0.15) is 0 Å². The van der Waals surface area contributed by atoms with E-state index >= 15 is 0 Å². The number of amides is 1. The molecule has 2 heterocycles. The molecular weight excluding hydrogens is 332 g/mol. The summed E-state index contributed by atoms with van der Waals surface area (Å²) in [6.07, 6.45) is 3.42. The Kier molecular flexibility index (Phi) is 6.20. The number of carbonyl (C=O) groups is 1. The summed E-state index contributed by atoms with van der Waals surface area (Å²) >= 11 is 0. The molecule has 1 aromatic carbocycles. The normalized spacial score (nSPS) is 20.4. The molecule has 1 atom stereocenters. The fourth-order valence-corrected chi connectivity index (χ4v) is 3.54. The summed E-state index contributed by atoms with van der Waals surface area (Å²) in [5, 5.41) is 3.42. The van der Waals surface area contributed by atoms with E-state index < -0.39 is 0 Å². The van der Waals surface area contributed by atoms with Crippen molar-refractivity contribution in [1.82, 2.24) is 10.2 Å². The first-order chi connectivity index (χ1) is 12.7. The zero-order valence-electron chi connectivity index (χ0n) is 15.4. The van der Waals surface area contributed by atoms with Crippen LogP contribution in [0.15, 0.2) is 23.2 Å². The van der Waals surface area contributed by atoms with Gasteiger partial charge < -0.3 is 25.4 Å². The summed E-state index contributed by atoms with van der Waals surface area (Å²) in [7, 11) is 1.79. The van der Waals surface area contributed by atoms with Crippen LogP contribution in [-0.2, 0) is 11.3 Å². The third-order valence-corrected chi connectivity index (χ3v) is 4.78. The lowest BCUT2D eigenvalue weighted by Gasteiger charge is -2.34. The van der Waals surface area contributed by atoms with Gasteiger partial charge in [0.2, 0.25) is 5.91 Å². The Labute approximate surface area is 154 Å². The first-order valence-electron chi connectivity index (χ1n) is 9.28. The molecule has 1 fully saturated rings. The van der Waals surface area contributed by atoms with E-state index in [1.165, 1.54) is 0 Å². The van der Waals surface area contributed by atoms with Gasteiger partial charge >= 0.3 is 0 Å². The molecule has 1 saturated heterocycles. The Hall–Kier alpha value is -2.44. The van der Waals surface area contributed by atoms with Crippen molar-refractivity contribution in [3.8, 4) is 11.5 Å². The van der Waals surface area contributed by atoms with Crippen molar-refractivity contribution < 1.29 is 14.3 Å². The highest BCUT2D eigenvalue weighted by molar-refractivity contribution is 5.80. The van der Waals surface area contributed by atoms with Gasteiger partial charge in [0.25, 0.3) is 0 Å². The molecule has 142 valence electrons. The maximum Gasteiger partial charge on any atom is 0.217 e. The number of rotatable bonds is 4. The lowest BCUT2D eigenvalue weighted by Crippen LogP contribution is -2.46. The lowest BCUT2D eigenvalue weighted by molar-refractivity contribution is -0.119. The molecule has 3 rings (SSSR count).